The van der Waals surface area contributed by atoms with Gasteiger partial charge in [-0.15, -0.1) is 0 Å². The fourth-order valence-corrected chi connectivity index (χ4v) is 3.30. The summed E-state index contributed by atoms with van der Waals surface area (Å²) in [5, 5.41) is 0. The minimum absolute atomic E-state index is 0.174. The summed E-state index contributed by atoms with van der Waals surface area (Å²) in [7, 11) is -3.66. The second kappa shape index (κ2) is 9.03. The lowest BCUT2D eigenvalue weighted by molar-refractivity contribution is 0.309. The Balaban J connectivity index is 1.74. The van der Waals surface area contributed by atoms with Crippen LogP contribution < -0.4 is 0 Å². The van der Waals surface area contributed by atoms with Crippen LogP contribution in [0.5, 0.6) is 0 Å². The average Bonchev–Trinajstić information content (AvgIpc) is 2.56. The fraction of sp³-hybridized carbons (Fsp3) is 0.263. The predicted octanol–water partition coefficient (Wildman–Crippen LogP) is 4.68. The molecular weight excluding hydrogens is 388 g/mol. The molecule has 0 radical (unpaired) electrons. The van der Waals surface area contributed by atoms with Crippen molar-refractivity contribution >= 4 is 26.0 Å². The van der Waals surface area contributed by atoms with Gasteiger partial charge in [0.2, 0.25) is 0 Å². The summed E-state index contributed by atoms with van der Waals surface area (Å²) in [5.41, 5.74) is 1.97. The van der Waals surface area contributed by atoms with Crippen LogP contribution in [0, 0.1) is 18.8 Å². The van der Waals surface area contributed by atoms with E-state index >= 15 is 0 Å². The molecule has 0 heterocycles. The van der Waals surface area contributed by atoms with Crippen LogP contribution in [-0.2, 0) is 14.3 Å². The van der Waals surface area contributed by atoms with E-state index in [1.165, 1.54) is 0 Å². The third-order valence-corrected chi connectivity index (χ3v) is 5.36. The van der Waals surface area contributed by atoms with Crippen molar-refractivity contribution in [3.63, 3.8) is 0 Å². The second-order valence-corrected chi connectivity index (χ2v) is 7.80. The molecule has 0 saturated heterocycles. The summed E-state index contributed by atoms with van der Waals surface area (Å²) < 4.78 is 30.0. The minimum Gasteiger partial charge on any atom is -0.266 e. The van der Waals surface area contributed by atoms with Gasteiger partial charge in [0.15, 0.2) is 0 Å². The first-order valence-corrected chi connectivity index (χ1v) is 9.89. The van der Waals surface area contributed by atoms with Crippen molar-refractivity contribution in [1.29, 1.82) is 0 Å². The highest BCUT2D eigenvalue weighted by Crippen LogP contribution is 2.15. The molecule has 0 aliphatic heterocycles. The zero-order valence-corrected chi connectivity index (χ0v) is 15.9. The van der Waals surface area contributed by atoms with E-state index in [9.17, 15) is 8.42 Å². The maximum absolute atomic E-state index is 12.0. The van der Waals surface area contributed by atoms with Gasteiger partial charge in [0, 0.05) is 16.5 Å². The molecular formula is C19H19BrO3S. The molecule has 0 saturated carbocycles. The Morgan fingerprint density at radius 1 is 1.04 bits per heavy atom. The highest BCUT2D eigenvalue weighted by Gasteiger charge is 2.13. The van der Waals surface area contributed by atoms with Gasteiger partial charge < -0.3 is 0 Å². The van der Waals surface area contributed by atoms with Crippen molar-refractivity contribution < 1.29 is 12.6 Å². The Morgan fingerprint density at radius 2 is 1.75 bits per heavy atom. The zero-order chi connectivity index (χ0) is 17.4. The molecule has 0 aliphatic rings. The number of hydrogen-bond donors (Lipinski definition) is 0. The lowest BCUT2D eigenvalue weighted by Crippen LogP contribution is -2.07. The molecule has 0 aromatic heterocycles. The van der Waals surface area contributed by atoms with Gasteiger partial charge in [0.05, 0.1) is 11.5 Å². The van der Waals surface area contributed by atoms with E-state index in [2.05, 4.69) is 27.8 Å². The fourth-order valence-electron chi connectivity index (χ4n) is 1.98. The van der Waals surface area contributed by atoms with Gasteiger partial charge >= 0.3 is 0 Å². The summed E-state index contributed by atoms with van der Waals surface area (Å²) in [4.78, 5) is 0.196. The number of halogens is 1. The molecule has 5 heteroatoms. The molecule has 3 nitrogen and oxygen atoms in total. The van der Waals surface area contributed by atoms with Crippen LogP contribution in [-0.4, -0.2) is 15.0 Å². The van der Waals surface area contributed by atoms with Crippen LogP contribution in [0.15, 0.2) is 57.9 Å². The first-order valence-electron chi connectivity index (χ1n) is 7.68. The normalized spacial score (nSPS) is 10.9. The Hall–Kier alpha value is -1.61. The molecule has 2 aromatic rings. The molecule has 0 spiro atoms. The molecule has 24 heavy (non-hydrogen) atoms. The molecule has 0 amide bonds. The van der Waals surface area contributed by atoms with E-state index in [1.807, 2.05) is 31.2 Å². The van der Waals surface area contributed by atoms with Crippen molar-refractivity contribution in [3.05, 3.63) is 64.1 Å². The van der Waals surface area contributed by atoms with E-state index < -0.39 is 10.1 Å². The van der Waals surface area contributed by atoms with E-state index in [1.54, 1.807) is 24.3 Å². The average molecular weight is 407 g/mol. The predicted molar refractivity (Wildman–Crippen MR) is 99.2 cm³/mol. The molecule has 0 atom stereocenters. The maximum atomic E-state index is 12.0. The molecule has 0 bridgehead atoms. The highest BCUT2D eigenvalue weighted by atomic mass is 79.9. The standard InChI is InChI=1S/C19H19BrO3S/c1-16-11-13-18(14-12-16)24(21,22)23-15-7-3-2-4-8-17-9-5-6-10-19(17)20/h5-6,9-14H,2-3,7,15H2,1H3. The first kappa shape index (κ1) is 18.7. The Kier molecular flexibility index (Phi) is 7.04. The summed E-state index contributed by atoms with van der Waals surface area (Å²) in [6.45, 7) is 2.08. The largest absolute Gasteiger partial charge is 0.296 e. The van der Waals surface area contributed by atoms with Gasteiger partial charge in [0.25, 0.3) is 10.1 Å². The van der Waals surface area contributed by atoms with Crippen LogP contribution in [0.25, 0.3) is 0 Å². The topological polar surface area (TPSA) is 43.4 Å². The smallest absolute Gasteiger partial charge is 0.266 e. The van der Waals surface area contributed by atoms with Crippen molar-refractivity contribution in [2.75, 3.05) is 6.61 Å². The second-order valence-electron chi connectivity index (χ2n) is 5.33. The van der Waals surface area contributed by atoms with E-state index in [-0.39, 0.29) is 11.5 Å². The monoisotopic (exact) mass is 406 g/mol. The molecule has 0 N–H and O–H groups in total. The molecule has 0 aliphatic carbocycles. The molecule has 2 aromatic carbocycles. The van der Waals surface area contributed by atoms with Gasteiger partial charge in [-0.05, 0) is 60.0 Å². The van der Waals surface area contributed by atoms with Crippen molar-refractivity contribution in [2.24, 2.45) is 0 Å². The summed E-state index contributed by atoms with van der Waals surface area (Å²) in [5.74, 6) is 6.19. The maximum Gasteiger partial charge on any atom is 0.296 e. The molecule has 0 unspecified atom stereocenters. The van der Waals surface area contributed by atoms with Crippen molar-refractivity contribution in [3.8, 4) is 11.8 Å². The van der Waals surface area contributed by atoms with Crippen molar-refractivity contribution in [2.45, 2.75) is 31.1 Å². The van der Waals surface area contributed by atoms with Gasteiger partial charge in [0.1, 0.15) is 0 Å². The van der Waals surface area contributed by atoms with E-state index in [4.69, 9.17) is 4.18 Å². The Labute approximate surface area is 152 Å². The zero-order valence-electron chi connectivity index (χ0n) is 13.5. The number of unbranched alkanes of at least 4 members (excludes halogenated alkanes) is 2. The molecule has 126 valence electrons. The van der Waals surface area contributed by atoms with E-state index in [0.29, 0.717) is 12.8 Å². The molecule has 2 rings (SSSR count). The lowest BCUT2D eigenvalue weighted by atomic mass is 10.2. The van der Waals surface area contributed by atoms with Crippen LogP contribution in [0.2, 0.25) is 0 Å². The van der Waals surface area contributed by atoms with Gasteiger partial charge in [-0.2, -0.15) is 8.42 Å². The van der Waals surface area contributed by atoms with Crippen LogP contribution in [0.4, 0.5) is 0 Å². The molecule has 0 fully saturated rings. The van der Waals surface area contributed by atoms with Gasteiger partial charge in [-0.3, -0.25) is 4.18 Å². The van der Waals surface area contributed by atoms with Gasteiger partial charge in [-0.25, -0.2) is 0 Å². The summed E-state index contributed by atoms with van der Waals surface area (Å²) >= 11 is 3.45. The third-order valence-electron chi connectivity index (χ3n) is 3.34. The first-order chi connectivity index (χ1) is 11.5. The quantitative estimate of drug-likeness (QED) is 0.397. The summed E-state index contributed by atoms with van der Waals surface area (Å²) in [6.07, 6.45) is 2.14. The third kappa shape index (κ3) is 5.79. The SMILES string of the molecule is Cc1ccc(S(=O)(=O)OCCCCC#Cc2ccccc2Br)cc1. The number of hydrogen-bond acceptors (Lipinski definition) is 3. The van der Waals surface area contributed by atoms with E-state index in [0.717, 1.165) is 22.0 Å². The number of rotatable bonds is 6. The minimum atomic E-state index is -3.66. The Morgan fingerprint density at radius 3 is 2.46 bits per heavy atom. The Bertz CT molecular complexity index is 831. The van der Waals surface area contributed by atoms with Crippen LogP contribution >= 0.6 is 15.9 Å². The van der Waals surface area contributed by atoms with Crippen LogP contribution in [0.3, 0.4) is 0 Å². The van der Waals surface area contributed by atoms with Gasteiger partial charge in [-0.1, -0.05) is 41.7 Å². The lowest BCUT2D eigenvalue weighted by Gasteiger charge is -2.05. The highest BCUT2D eigenvalue weighted by molar-refractivity contribution is 9.10. The summed E-state index contributed by atoms with van der Waals surface area (Å²) in [6, 6.07) is 14.4. The van der Waals surface area contributed by atoms with Crippen molar-refractivity contribution in [1.82, 2.24) is 0 Å². The number of aryl methyl sites for hydroxylation is 1. The number of benzene rings is 2. The van der Waals surface area contributed by atoms with Crippen LogP contribution in [0.1, 0.15) is 30.4 Å².